The van der Waals surface area contributed by atoms with Crippen LogP contribution in [0.15, 0.2) is 0 Å². The molecule has 0 bridgehead atoms. The van der Waals surface area contributed by atoms with Crippen molar-refractivity contribution < 1.29 is 9.47 Å². The Kier molecular flexibility index (Phi) is 6.91. The van der Waals surface area contributed by atoms with Gasteiger partial charge in [0.1, 0.15) is 6.79 Å². The van der Waals surface area contributed by atoms with Crippen LogP contribution in [0, 0.1) is 5.92 Å². The fourth-order valence-electron chi connectivity index (χ4n) is 0.485. The van der Waals surface area contributed by atoms with Gasteiger partial charge in [-0.15, -0.1) is 0 Å². The number of ether oxygens (including phenoxy) is 2. The van der Waals surface area contributed by atoms with E-state index in [9.17, 15) is 0 Å². The average molecular weight is 147 g/mol. The topological polar surface area (TPSA) is 44.5 Å². The molecule has 0 saturated carbocycles. The van der Waals surface area contributed by atoms with Crippen LogP contribution in [0.3, 0.4) is 0 Å². The second-order valence-corrected chi connectivity index (χ2v) is 2.58. The van der Waals surface area contributed by atoms with Gasteiger partial charge in [0.2, 0.25) is 0 Å². The molecule has 0 aliphatic heterocycles. The van der Waals surface area contributed by atoms with Crippen molar-refractivity contribution >= 4 is 0 Å². The van der Waals surface area contributed by atoms with Gasteiger partial charge in [-0.25, -0.2) is 0 Å². The van der Waals surface area contributed by atoms with Gasteiger partial charge in [0.05, 0.1) is 13.2 Å². The van der Waals surface area contributed by atoms with Crippen molar-refractivity contribution in [2.24, 2.45) is 11.7 Å². The van der Waals surface area contributed by atoms with E-state index in [2.05, 4.69) is 13.8 Å². The lowest BCUT2D eigenvalue weighted by atomic mass is 10.2. The number of hydrogen-bond donors (Lipinski definition) is 1. The Hall–Kier alpha value is -0.120. The summed E-state index contributed by atoms with van der Waals surface area (Å²) in [5, 5.41) is 0. The van der Waals surface area contributed by atoms with E-state index in [1.807, 2.05) is 0 Å². The Labute approximate surface area is 62.5 Å². The van der Waals surface area contributed by atoms with E-state index in [-0.39, 0.29) is 0 Å². The predicted octanol–water partition coefficient (Wildman–Crippen LogP) is 0.592. The molecule has 0 fully saturated rings. The van der Waals surface area contributed by atoms with E-state index < -0.39 is 0 Å². The van der Waals surface area contributed by atoms with Crippen molar-refractivity contribution in [1.29, 1.82) is 0 Å². The fourth-order valence-corrected chi connectivity index (χ4v) is 0.485. The third-order valence-corrected chi connectivity index (χ3v) is 0.880. The Bertz CT molecular complexity index is 66.6. The average Bonchev–Trinajstić information content (AvgIpc) is 1.87. The first-order valence-corrected chi connectivity index (χ1v) is 3.63. The highest BCUT2D eigenvalue weighted by Gasteiger charge is 1.91. The highest BCUT2D eigenvalue weighted by Crippen LogP contribution is 1.91. The summed E-state index contributed by atoms with van der Waals surface area (Å²) in [6.45, 7) is 6.47. The maximum absolute atomic E-state index is 5.19. The molecule has 3 nitrogen and oxygen atoms in total. The molecule has 0 aliphatic carbocycles. The molecular weight excluding hydrogens is 130 g/mol. The van der Waals surface area contributed by atoms with Crippen molar-refractivity contribution in [2.45, 2.75) is 13.8 Å². The second-order valence-electron chi connectivity index (χ2n) is 2.58. The summed E-state index contributed by atoms with van der Waals surface area (Å²) < 4.78 is 10.1. The highest BCUT2D eigenvalue weighted by molar-refractivity contribution is 4.36. The normalized spacial score (nSPS) is 10.8. The lowest BCUT2D eigenvalue weighted by molar-refractivity contribution is -0.0589. The SMILES string of the molecule is CC(C)COCOCCN. The lowest BCUT2D eigenvalue weighted by Crippen LogP contribution is -2.12. The molecule has 0 spiro atoms. The maximum Gasteiger partial charge on any atom is 0.146 e. The number of nitrogens with two attached hydrogens (primary N) is 1. The molecule has 2 N–H and O–H groups in total. The molecule has 0 aromatic rings. The van der Waals surface area contributed by atoms with Gasteiger partial charge in [0.25, 0.3) is 0 Å². The van der Waals surface area contributed by atoms with Gasteiger partial charge < -0.3 is 15.2 Å². The number of hydrogen-bond acceptors (Lipinski definition) is 3. The van der Waals surface area contributed by atoms with Crippen LogP contribution in [0.1, 0.15) is 13.8 Å². The second kappa shape index (κ2) is 6.99. The van der Waals surface area contributed by atoms with E-state index in [0.717, 1.165) is 6.61 Å². The molecule has 0 rings (SSSR count). The Balaban J connectivity index is 2.77. The highest BCUT2D eigenvalue weighted by atomic mass is 16.7. The third kappa shape index (κ3) is 7.88. The molecule has 0 aromatic heterocycles. The minimum absolute atomic E-state index is 0.370. The molecule has 10 heavy (non-hydrogen) atoms. The molecule has 0 heterocycles. The molecule has 0 saturated heterocycles. The molecule has 0 aromatic carbocycles. The Morgan fingerprint density at radius 1 is 1.30 bits per heavy atom. The summed E-state index contributed by atoms with van der Waals surface area (Å²) in [7, 11) is 0. The largest absolute Gasteiger partial charge is 0.355 e. The van der Waals surface area contributed by atoms with E-state index >= 15 is 0 Å². The van der Waals surface area contributed by atoms with Crippen molar-refractivity contribution in [3.05, 3.63) is 0 Å². The summed E-state index contributed by atoms with van der Waals surface area (Å²) in [5.74, 6) is 0.571. The van der Waals surface area contributed by atoms with Crippen LogP contribution in [0.5, 0.6) is 0 Å². The van der Waals surface area contributed by atoms with Gasteiger partial charge in [-0.2, -0.15) is 0 Å². The molecule has 62 valence electrons. The van der Waals surface area contributed by atoms with Crippen LogP contribution < -0.4 is 5.73 Å². The predicted molar refractivity (Wildman–Crippen MR) is 40.7 cm³/mol. The smallest absolute Gasteiger partial charge is 0.146 e. The van der Waals surface area contributed by atoms with Gasteiger partial charge in [-0.1, -0.05) is 13.8 Å². The van der Waals surface area contributed by atoms with Gasteiger partial charge in [-0.3, -0.25) is 0 Å². The summed E-state index contributed by atoms with van der Waals surface area (Å²) in [5.41, 5.74) is 5.19. The minimum Gasteiger partial charge on any atom is -0.355 e. The van der Waals surface area contributed by atoms with E-state index in [4.69, 9.17) is 15.2 Å². The van der Waals surface area contributed by atoms with Crippen LogP contribution in [-0.4, -0.2) is 26.6 Å². The first kappa shape index (κ1) is 9.88. The van der Waals surface area contributed by atoms with Crippen LogP contribution in [-0.2, 0) is 9.47 Å². The summed E-state index contributed by atoms with van der Waals surface area (Å²) in [6, 6.07) is 0. The zero-order valence-corrected chi connectivity index (χ0v) is 6.80. The van der Waals surface area contributed by atoms with Gasteiger partial charge in [-0.05, 0) is 5.92 Å². The van der Waals surface area contributed by atoms with Crippen LogP contribution in [0.4, 0.5) is 0 Å². The summed E-state index contributed by atoms with van der Waals surface area (Å²) >= 11 is 0. The lowest BCUT2D eigenvalue weighted by Gasteiger charge is -2.06. The fraction of sp³-hybridized carbons (Fsp3) is 1.00. The standard InChI is InChI=1S/C7H17NO2/c1-7(2)5-10-6-9-4-3-8/h7H,3-6,8H2,1-2H3. The first-order valence-electron chi connectivity index (χ1n) is 3.63. The molecule has 0 aliphatic rings. The van der Waals surface area contributed by atoms with E-state index in [1.165, 1.54) is 0 Å². The van der Waals surface area contributed by atoms with Gasteiger partial charge in [0, 0.05) is 6.54 Å². The van der Waals surface area contributed by atoms with Crippen molar-refractivity contribution in [3.8, 4) is 0 Å². The molecular formula is C7H17NO2. The quantitative estimate of drug-likeness (QED) is 0.442. The van der Waals surface area contributed by atoms with Crippen LogP contribution >= 0.6 is 0 Å². The molecule has 0 radical (unpaired) electrons. The van der Waals surface area contributed by atoms with Gasteiger partial charge in [0.15, 0.2) is 0 Å². The van der Waals surface area contributed by atoms with E-state index in [1.54, 1.807) is 0 Å². The van der Waals surface area contributed by atoms with Gasteiger partial charge >= 0.3 is 0 Å². The van der Waals surface area contributed by atoms with Crippen LogP contribution in [0.25, 0.3) is 0 Å². The zero-order valence-electron chi connectivity index (χ0n) is 6.80. The van der Waals surface area contributed by atoms with Crippen LogP contribution in [0.2, 0.25) is 0 Å². The molecule has 3 heteroatoms. The monoisotopic (exact) mass is 147 g/mol. The minimum atomic E-state index is 0.370. The Morgan fingerprint density at radius 2 is 2.00 bits per heavy atom. The summed E-state index contributed by atoms with van der Waals surface area (Å²) in [4.78, 5) is 0. The number of rotatable bonds is 6. The van der Waals surface area contributed by atoms with Crippen molar-refractivity contribution in [2.75, 3.05) is 26.6 Å². The maximum atomic E-state index is 5.19. The van der Waals surface area contributed by atoms with Crippen molar-refractivity contribution in [1.82, 2.24) is 0 Å². The molecule has 0 atom stereocenters. The molecule has 0 unspecified atom stereocenters. The first-order chi connectivity index (χ1) is 4.77. The Morgan fingerprint density at radius 3 is 2.50 bits per heavy atom. The van der Waals surface area contributed by atoms with Crippen molar-refractivity contribution in [3.63, 3.8) is 0 Å². The van der Waals surface area contributed by atoms with E-state index in [0.29, 0.717) is 25.9 Å². The third-order valence-electron chi connectivity index (χ3n) is 0.880. The molecule has 0 amide bonds. The zero-order chi connectivity index (χ0) is 7.82. The summed E-state index contributed by atoms with van der Waals surface area (Å²) in [6.07, 6.45) is 0.